The average molecular weight is 526 g/mol. The normalized spacial score (nSPS) is 19.8. The average Bonchev–Trinajstić information content (AvgIpc) is 3.24. The molecule has 2 atom stereocenters. The molecule has 4 nitrogen and oxygen atoms in total. The number of fused-ring (bicyclic) bond motifs is 5. The third kappa shape index (κ3) is 2.98. The Labute approximate surface area is 182 Å². The molecule has 2 unspecified atom stereocenters. The van der Waals surface area contributed by atoms with Crippen molar-refractivity contribution >= 4 is 48.9 Å². The van der Waals surface area contributed by atoms with Gasteiger partial charge in [0.05, 0.1) is 23.1 Å². The van der Waals surface area contributed by atoms with Gasteiger partial charge in [-0.05, 0) is 42.3 Å². The molecule has 2 aliphatic rings. The van der Waals surface area contributed by atoms with Crippen molar-refractivity contribution in [1.29, 1.82) is 0 Å². The fourth-order valence-electron chi connectivity index (χ4n) is 3.96. The lowest BCUT2D eigenvalue weighted by molar-refractivity contribution is 0.167. The van der Waals surface area contributed by atoms with Crippen LogP contribution < -0.4 is 9.64 Å². The van der Waals surface area contributed by atoms with E-state index in [0.717, 1.165) is 26.5 Å². The Kier molecular flexibility index (Phi) is 4.70. The van der Waals surface area contributed by atoms with E-state index >= 15 is 0 Å². The minimum absolute atomic E-state index is 0.126. The lowest BCUT2D eigenvalue weighted by Gasteiger charge is -2.40. The number of anilines is 1. The summed E-state index contributed by atoms with van der Waals surface area (Å²) in [5.74, 6) is 0.320. The van der Waals surface area contributed by atoms with Crippen LogP contribution in [0.15, 0.2) is 45.5 Å². The number of benzene rings is 2. The molecule has 2 aromatic carbocycles. The van der Waals surface area contributed by atoms with Gasteiger partial charge in [-0.3, -0.25) is 0 Å². The number of hydrogen-bond acceptors (Lipinski definition) is 5. The van der Waals surface area contributed by atoms with Gasteiger partial charge in [-0.15, -0.1) is 11.3 Å². The highest BCUT2D eigenvalue weighted by Crippen LogP contribution is 2.53. The highest BCUT2D eigenvalue weighted by Gasteiger charge is 2.44. The molecule has 3 aromatic rings. The van der Waals surface area contributed by atoms with Crippen molar-refractivity contribution in [3.63, 3.8) is 0 Å². The number of halogens is 3. The molecule has 0 aliphatic carbocycles. The first-order chi connectivity index (χ1) is 13.5. The van der Waals surface area contributed by atoms with Crippen molar-refractivity contribution in [3.8, 4) is 5.75 Å². The summed E-state index contributed by atoms with van der Waals surface area (Å²) >= 11 is 8.49. The predicted molar refractivity (Wildman–Crippen MR) is 113 cm³/mol. The number of rotatable bonds is 3. The van der Waals surface area contributed by atoms with Crippen LogP contribution in [0.5, 0.6) is 5.75 Å². The Morgan fingerprint density at radius 1 is 1.29 bits per heavy atom. The van der Waals surface area contributed by atoms with Crippen molar-refractivity contribution in [2.75, 3.05) is 12.0 Å². The van der Waals surface area contributed by atoms with Crippen LogP contribution in [0.25, 0.3) is 0 Å². The topological polar surface area (TPSA) is 34.6 Å². The van der Waals surface area contributed by atoms with Crippen LogP contribution >= 0.6 is 43.2 Å². The van der Waals surface area contributed by atoms with E-state index in [2.05, 4.69) is 53.9 Å². The fraction of sp³-hybridized carbons (Fsp3) is 0.250. The number of nitrogens with zero attached hydrogens (tertiary/aromatic N) is 2. The van der Waals surface area contributed by atoms with Crippen LogP contribution in [-0.4, -0.2) is 12.1 Å². The molecule has 0 amide bonds. The van der Waals surface area contributed by atoms with E-state index in [1.807, 2.05) is 18.3 Å². The molecule has 28 heavy (non-hydrogen) atoms. The molecule has 0 bridgehead atoms. The van der Waals surface area contributed by atoms with Gasteiger partial charge in [0.2, 0.25) is 6.23 Å². The molecule has 0 saturated carbocycles. The minimum Gasteiger partial charge on any atom is -0.465 e. The van der Waals surface area contributed by atoms with Gasteiger partial charge in [0.25, 0.3) is 0 Å². The molecule has 0 spiro atoms. The van der Waals surface area contributed by atoms with E-state index in [9.17, 15) is 4.39 Å². The lowest BCUT2D eigenvalue weighted by Crippen LogP contribution is -2.37. The summed E-state index contributed by atoms with van der Waals surface area (Å²) < 4.78 is 28.2. The largest absolute Gasteiger partial charge is 0.465 e. The van der Waals surface area contributed by atoms with Gasteiger partial charge >= 0.3 is 0 Å². The van der Waals surface area contributed by atoms with Crippen molar-refractivity contribution < 1.29 is 13.9 Å². The van der Waals surface area contributed by atoms with Crippen molar-refractivity contribution in [3.05, 3.63) is 72.3 Å². The predicted octanol–water partition coefficient (Wildman–Crippen LogP) is 6.15. The molecule has 3 heterocycles. The summed E-state index contributed by atoms with van der Waals surface area (Å²) in [6.07, 6.45) is 2.19. The molecule has 5 rings (SSSR count). The zero-order valence-electron chi connectivity index (χ0n) is 14.8. The molecule has 2 aliphatic heterocycles. The maximum Gasteiger partial charge on any atom is 0.210 e. The molecular formula is C20H15Br2FN2O2S. The molecule has 0 N–H and O–H groups in total. The number of ether oxygens (including phenoxy) is 2. The smallest absolute Gasteiger partial charge is 0.210 e. The molecule has 1 aromatic heterocycles. The van der Waals surface area contributed by atoms with Gasteiger partial charge in [0, 0.05) is 27.9 Å². The van der Waals surface area contributed by atoms with Gasteiger partial charge in [0.1, 0.15) is 16.6 Å². The Morgan fingerprint density at radius 3 is 2.96 bits per heavy atom. The quantitative estimate of drug-likeness (QED) is 0.411. The third-order valence-corrected chi connectivity index (χ3v) is 6.98. The molecule has 0 radical (unpaired) electrons. The fourth-order valence-corrected chi connectivity index (χ4v) is 5.70. The number of aromatic nitrogens is 1. The van der Waals surface area contributed by atoms with Crippen LogP contribution in [0, 0.1) is 5.82 Å². The van der Waals surface area contributed by atoms with Crippen molar-refractivity contribution in [2.24, 2.45) is 0 Å². The SMILES string of the molecule is COCc1ncc(C2Oc3cc(Br)cc(F)c3C3Cc4cc(Br)ccc4N32)s1. The van der Waals surface area contributed by atoms with Gasteiger partial charge < -0.3 is 14.4 Å². The highest BCUT2D eigenvalue weighted by molar-refractivity contribution is 9.10. The van der Waals surface area contributed by atoms with Gasteiger partial charge in [-0.1, -0.05) is 31.9 Å². The van der Waals surface area contributed by atoms with E-state index < -0.39 is 0 Å². The molecule has 0 saturated heterocycles. The number of hydrogen-bond donors (Lipinski definition) is 0. The van der Waals surface area contributed by atoms with E-state index in [4.69, 9.17) is 9.47 Å². The minimum atomic E-state index is -0.364. The standard InChI is InChI=1S/C20H15Br2FN2O2S/c1-26-9-18-24-8-17(28-18)20-25-14-3-2-11(21)4-10(14)5-15(25)19-13(23)6-12(22)7-16(19)27-20/h2-4,6-8,15,20H,5,9H2,1H3. The van der Waals surface area contributed by atoms with E-state index in [-0.39, 0.29) is 18.1 Å². The summed E-state index contributed by atoms with van der Waals surface area (Å²) in [7, 11) is 1.65. The maximum atomic E-state index is 14.9. The Morgan fingerprint density at radius 2 is 2.14 bits per heavy atom. The van der Waals surface area contributed by atoms with Gasteiger partial charge in [-0.2, -0.15) is 0 Å². The Bertz CT molecular complexity index is 1070. The third-order valence-electron chi connectivity index (χ3n) is 5.03. The van der Waals surface area contributed by atoms with Gasteiger partial charge in [0.15, 0.2) is 0 Å². The summed E-state index contributed by atoms with van der Waals surface area (Å²) in [6, 6.07) is 9.40. The van der Waals surface area contributed by atoms with Crippen LogP contribution in [0.1, 0.15) is 33.3 Å². The second-order valence-electron chi connectivity index (χ2n) is 6.76. The molecule has 144 valence electrons. The van der Waals surface area contributed by atoms with Crippen molar-refractivity contribution in [1.82, 2.24) is 4.98 Å². The summed E-state index contributed by atoms with van der Waals surface area (Å²) in [4.78, 5) is 7.60. The Balaban J connectivity index is 1.66. The second kappa shape index (κ2) is 7.09. The first kappa shape index (κ1) is 18.5. The lowest BCUT2D eigenvalue weighted by atomic mass is 9.99. The maximum absolute atomic E-state index is 14.9. The monoisotopic (exact) mass is 524 g/mol. The van der Waals surface area contributed by atoms with Crippen molar-refractivity contribution in [2.45, 2.75) is 25.3 Å². The van der Waals surface area contributed by atoms with Crippen LogP contribution in [0.4, 0.5) is 10.1 Å². The molecule has 8 heteroatoms. The summed E-state index contributed by atoms with van der Waals surface area (Å²) in [5, 5.41) is 0.888. The number of methoxy groups -OCH3 is 1. The number of thiazole rings is 1. The van der Waals surface area contributed by atoms with E-state index in [0.29, 0.717) is 22.4 Å². The molecule has 0 fully saturated rings. The summed E-state index contributed by atoms with van der Waals surface area (Å²) in [6.45, 7) is 0.459. The first-order valence-corrected chi connectivity index (χ1v) is 11.1. The summed E-state index contributed by atoms with van der Waals surface area (Å²) in [5.41, 5.74) is 2.84. The van der Waals surface area contributed by atoms with E-state index in [1.165, 1.54) is 11.6 Å². The highest BCUT2D eigenvalue weighted by atomic mass is 79.9. The van der Waals surface area contributed by atoms with Crippen LogP contribution in [0.3, 0.4) is 0 Å². The van der Waals surface area contributed by atoms with Gasteiger partial charge in [-0.25, -0.2) is 9.37 Å². The zero-order valence-corrected chi connectivity index (χ0v) is 18.8. The Hall–Kier alpha value is -1.48. The van der Waals surface area contributed by atoms with E-state index in [1.54, 1.807) is 18.4 Å². The van der Waals surface area contributed by atoms with Crippen LogP contribution in [-0.2, 0) is 17.8 Å². The first-order valence-electron chi connectivity index (χ1n) is 8.71. The second-order valence-corrected chi connectivity index (χ2v) is 9.74. The van der Waals surface area contributed by atoms with Crippen LogP contribution in [0.2, 0.25) is 0 Å². The zero-order chi connectivity index (χ0) is 19.4. The molecular weight excluding hydrogens is 511 g/mol.